The van der Waals surface area contributed by atoms with Crippen molar-refractivity contribution in [3.8, 4) is 11.1 Å². The summed E-state index contributed by atoms with van der Waals surface area (Å²) in [5.74, 6) is -0.356. The second-order valence-corrected chi connectivity index (χ2v) is 13.3. The summed E-state index contributed by atoms with van der Waals surface area (Å²) in [5, 5.41) is -0.618. The molecular weight excluding hydrogens is 467 g/mol. The lowest BCUT2D eigenvalue weighted by atomic mass is 9.91. The van der Waals surface area contributed by atoms with E-state index >= 15 is 4.39 Å². The van der Waals surface area contributed by atoms with Crippen molar-refractivity contribution in [2.24, 2.45) is 5.41 Å². The van der Waals surface area contributed by atoms with Crippen LogP contribution in [-0.2, 0) is 21.2 Å². The molecule has 190 valence electrons. The first-order valence-electron chi connectivity index (χ1n) is 12.2. The fraction of sp³-hybridized carbons (Fsp3) is 0.519. The molecule has 1 amide bonds. The molecule has 4 rings (SSSR count). The minimum absolute atomic E-state index is 0.179. The van der Waals surface area contributed by atoms with E-state index in [1.165, 1.54) is 0 Å². The first-order valence-corrected chi connectivity index (χ1v) is 13.7. The predicted octanol–water partition coefficient (Wildman–Crippen LogP) is 5.13. The molecule has 6 nitrogen and oxygen atoms in total. The first kappa shape index (κ1) is 25.6. The van der Waals surface area contributed by atoms with Crippen LogP contribution in [0.15, 0.2) is 48.5 Å². The van der Waals surface area contributed by atoms with Gasteiger partial charge in [0.05, 0.1) is 11.3 Å². The summed E-state index contributed by atoms with van der Waals surface area (Å²) >= 11 is 0. The maximum atomic E-state index is 15.7. The number of carbonyl (C=O) groups excluding carboxylic acids is 1. The molecule has 1 saturated heterocycles. The van der Waals surface area contributed by atoms with Crippen LogP contribution in [-0.4, -0.2) is 48.9 Å². The summed E-state index contributed by atoms with van der Waals surface area (Å²) in [6, 6.07) is 13.5. The van der Waals surface area contributed by atoms with E-state index in [0.29, 0.717) is 17.7 Å². The third kappa shape index (κ3) is 5.38. The van der Waals surface area contributed by atoms with Gasteiger partial charge in [-0.05, 0) is 65.0 Å². The molecule has 0 aromatic heterocycles. The normalized spacial score (nSPS) is 21.5. The highest BCUT2D eigenvalue weighted by Crippen LogP contribution is 2.56. The molecule has 2 atom stereocenters. The van der Waals surface area contributed by atoms with Crippen molar-refractivity contribution in [2.45, 2.75) is 76.8 Å². The van der Waals surface area contributed by atoms with Crippen molar-refractivity contribution >= 4 is 16.1 Å². The SMILES string of the molecule is CC(C)S(=O)(=O)N[C@@H]1[C@H](Cc2cccc(-c3ccccc3)c2F)N(C(=O)OC(C)(C)C)CC12CC2. The lowest BCUT2D eigenvalue weighted by molar-refractivity contribution is 0.0213. The van der Waals surface area contributed by atoms with E-state index in [1.807, 2.05) is 30.3 Å². The summed E-state index contributed by atoms with van der Waals surface area (Å²) < 4.78 is 50.1. The van der Waals surface area contributed by atoms with Crippen LogP contribution in [0.3, 0.4) is 0 Å². The molecule has 2 fully saturated rings. The number of hydrogen-bond donors (Lipinski definition) is 1. The molecule has 2 aromatic carbocycles. The van der Waals surface area contributed by atoms with Crippen molar-refractivity contribution in [3.63, 3.8) is 0 Å². The Morgan fingerprint density at radius 1 is 1.14 bits per heavy atom. The monoisotopic (exact) mass is 502 g/mol. The van der Waals surface area contributed by atoms with Gasteiger partial charge in [0, 0.05) is 23.6 Å². The number of halogens is 1. The summed E-state index contributed by atoms with van der Waals surface area (Å²) in [5.41, 5.74) is 0.628. The standard InChI is InChI=1S/C27H35FN2O4S/c1-18(2)35(32,33)29-24-22(30(17-27(24)14-15-27)25(31)34-26(3,4)5)16-20-12-9-13-21(23(20)28)19-10-7-6-8-11-19/h6-13,18,22,24,29H,14-17H2,1-5H3/t22-,24+/m0/s1. The van der Waals surface area contributed by atoms with Crippen molar-refractivity contribution in [2.75, 3.05) is 6.54 Å². The Hall–Kier alpha value is -2.45. The lowest BCUT2D eigenvalue weighted by Gasteiger charge is -2.31. The van der Waals surface area contributed by atoms with E-state index in [9.17, 15) is 13.2 Å². The molecule has 1 aliphatic carbocycles. The maximum Gasteiger partial charge on any atom is 0.410 e. The number of rotatable bonds is 6. The molecule has 1 saturated carbocycles. The van der Waals surface area contributed by atoms with Crippen LogP contribution >= 0.6 is 0 Å². The van der Waals surface area contributed by atoms with Gasteiger partial charge in [0.25, 0.3) is 0 Å². The quantitative estimate of drug-likeness (QED) is 0.594. The van der Waals surface area contributed by atoms with E-state index in [4.69, 9.17) is 4.74 Å². The van der Waals surface area contributed by atoms with Crippen LogP contribution in [0.4, 0.5) is 9.18 Å². The number of nitrogens with zero attached hydrogens (tertiary/aromatic N) is 1. The summed E-state index contributed by atoms with van der Waals surface area (Å²) in [7, 11) is -3.61. The molecule has 1 spiro atoms. The Morgan fingerprint density at radius 2 is 1.80 bits per heavy atom. The molecule has 1 aliphatic heterocycles. The smallest absolute Gasteiger partial charge is 0.410 e. The highest BCUT2D eigenvalue weighted by molar-refractivity contribution is 7.90. The van der Waals surface area contributed by atoms with Gasteiger partial charge in [0.15, 0.2) is 0 Å². The summed E-state index contributed by atoms with van der Waals surface area (Å²) in [6.45, 7) is 9.03. The molecule has 1 N–H and O–H groups in total. The lowest BCUT2D eigenvalue weighted by Crippen LogP contribution is -2.51. The molecule has 0 radical (unpaired) electrons. The Labute approximate surface area is 207 Å². The van der Waals surface area contributed by atoms with Crippen molar-refractivity contribution < 1.29 is 22.3 Å². The Balaban J connectivity index is 1.72. The van der Waals surface area contributed by atoms with E-state index in [-0.39, 0.29) is 17.7 Å². The molecule has 2 aliphatic rings. The van der Waals surface area contributed by atoms with Crippen LogP contribution in [0.25, 0.3) is 11.1 Å². The van der Waals surface area contributed by atoms with E-state index in [1.54, 1.807) is 57.7 Å². The zero-order valence-corrected chi connectivity index (χ0v) is 21.9. The number of hydrogen-bond acceptors (Lipinski definition) is 4. The number of sulfonamides is 1. The van der Waals surface area contributed by atoms with Gasteiger partial charge in [-0.2, -0.15) is 0 Å². The zero-order valence-electron chi connectivity index (χ0n) is 21.0. The fourth-order valence-electron chi connectivity index (χ4n) is 4.84. The average Bonchev–Trinajstić information content (AvgIpc) is 3.49. The Kier molecular flexibility index (Phi) is 6.74. The topological polar surface area (TPSA) is 75.7 Å². The minimum atomic E-state index is -3.61. The second-order valence-electron chi connectivity index (χ2n) is 11.1. The van der Waals surface area contributed by atoms with Gasteiger partial charge in [0.1, 0.15) is 11.4 Å². The third-order valence-corrected chi connectivity index (χ3v) is 8.78. The van der Waals surface area contributed by atoms with Crippen LogP contribution < -0.4 is 4.72 Å². The highest BCUT2D eigenvalue weighted by atomic mass is 32.2. The Morgan fingerprint density at radius 3 is 2.37 bits per heavy atom. The molecule has 2 aromatic rings. The number of likely N-dealkylation sites (tertiary alicyclic amines) is 1. The first-order chi connectivity index (χ1) is 16.3. The van der Waals surface area contributed by atoms with Crippen LogP contribution in [0, 0.1) is 11.2 Å². The number of carbonyl (C=O) groups is 1. The van der Waals surface area contributed by atoms with Crippen LogP contribution in [0.5, 0.6) is 0 Å². The van der Waals surface area contributed by atoms with Gasteiger partial charge in [-0.1, -0.05) is 48.5 Å². The van der Waals surface area contributed by atoms with Gasteiger partial charge >= 0.3 is 6.09 Å². The molecule has 8 heteroatoms. The number of ether oxygens (including phenoxy) is 1. The zero-order chi connectivity index (χ0) is 25.6. The van der Waals surface area contributed by atoms with Gasteiger partial charge in [-0.15, -0.1) is 0 Å². The summed E-state index contributed by atoms with van der Waals surface area (Å²) in [6.07, 6.45) is 1.29. The van der Waals surface area contributed by atoms with Crippen LogP contribution in [0.1, 0.15) is 53.0 Å². The molecule has 35 heavy (non-hydrogen) atoms. The maximum absolute atomic E-state index is 15.7. The average molecular weight is 503 g/mol. The van der Waals surface area contributed by atoms with Gasteiger partial charge < -0.3 is 9.64 Å². The van der Waals surface area contributed by atoms with Crippen molar-refractivity contribution in [1.29, 1.82) is 0 Å². The van der Waals surface area contributed by atoms with E-state index in [0.717, 1.165) is 18.4 Å². The number of amides is 1. The highest BCUT2D eigenvalue weighted by Gasteiger charge is 2.62. The molecule has 1 heterocycles. The van der Waals surface area contributed by atoms with Gasteiger partial charge in [-0.3, -0.25) is 0 Å². The number of nitrogens with one attached hydrogen (secondary N) is 1. The largest absolute Gasteiger partial charge is 0.444 e. The molecule has 0 unspecified atom stereocenters. The van der Waals surface area contributed by atoms with Crippen molar-refractivity contribution in [1.82, 2.24) is 9.62 Å². The minimum Gasteiger partial charge on any atom is -0.444 e. The van der Waals surface area contributed by atoms with Crippen LogP contribution in [0.2, 0.25) is 0 Å². The van der Waals surface area contributed by atoms with Gasteiger partial charge in [0.2, 0.25) is 10.0 Å². The number of benzene rings is 2. The van der Waals surface area contributed by atoms with E-state index in [2.05, 4.69) is 4.72 Å². The summed E-state index contributed by atoms with van der Waals surface area (Å²) in [4.78, 5) is 14.8. The molecular formula is C27H35FN2O4S. The third-order valence-electron chi connectivity index (χ3n) is 6.95. The van der Waals surface area contributed by atoms with E-state index < -0.39 is 39.1 Å². The second kappa shape index (κ2) is 9.21. The van der Waals surface area contributed by atoms with Gasteiger partial charge in [-0.25, -0.2) is 22.3 Å². The fourth-order valence-corrected chi connectivity index (χ4v) is 5.87. The van der Waals surface area contributed by atoms with Crippen molar-refractivity contribution in [3.05, 3.63) is 59.9 Å². The molecule has 0 bridgehead atoms. The predicted molar refractivity (Wildman–Crippen MR) is 135 cm³/mol. The Bertz CT molecular complexity index is 1190.